The second-order valence-electron chi connectivity index (χ2n) is 8.31. The van der Waals surface area contributed by atoms with Crippen molar-refractivity contribution in [2.24, 2.45) is 0 Å². The first-order valence-electron chi connectivity index (χ1n) is 9.91. The van der Waals surface area contributed by atoms with Crippen LogP contribution < -0.4 is 5.32 Å². The lowest BCUT2D eigenvalue weighted by Gasteiger charge is -2.24. The molecule has 29 heavy (non-hydrogen) atoms. The van der Waals surface area contributed by atoms with Crippen LogP contribution in [0.25, 0.3) is 0 Å². The molecule has 158 valence electrons. The Hall–Kier alpha value is -2.45. The molecule has 8 nitrogen and oxygen atoms in total. The van der Waals surface area contributed by atoms with E-state index in [4.69, 9.17) is 14.0 Å². The maximum atomic E-state index is 12.4. The first-order chi connectivity index (χ1) is 13.8. The Labute approximate surface area is 171 Å². The van der Waals surface area contributed by atoms with Crippen molar-refractivity contribution < 1.29 is 18.8 Å². The zero-order valence-corrected chi connectivity index (χ0v) is 17.6. The molecule has 2 aromatic rings. The number of aromatic nitrogens is 2. The molecule has 1 aromatic heterocycles. The molecule has 1 aliphatic rings. The fourth-order valence-corrected chi connectivity index (χ4v) is 3.50. The van der Waals surface area contributed by atoms with Gasteiger partial charge in [0.1, 0.15) is 5.60 Å². The number of ether oxygens (including phenoxy) is 2. The number of carbonyl (C=O) groups is 1. The Morgan fingerprint density at radius 2 is 2.03 bits per heavy atom. The maximum Gasteiger partial charge on any atom is 0.407 e. The molecule has 1 aliphatic heterocycles. The van der Waals surface area contributed by atoms with Crippen LogP contribution in [0.2, 0.25) is 0 Å². The van der Waals surface area contributed by atoms with Gasteiger partial charge in [-0.25, -0.2) is 4.79 Å². The van der Waals surface area contributed by atoms with Crippen LogP contribution >= 0.6 is 0 Å². The topological polar surface area (TPSA) is 89.7 Å². The number of nitrogens with zero attached hydrogens (tertiary/aromatic N) is 3. The lowest BCUT2D eigenvalue weighted by Crippen LogP contribution is -2.42. The predicted molar refractivity (Wildman–Crippen MR) is 107 cm³/mol. The number of carbonyl (C=O) groups excluding carboxylic acids is 1. The maximum absolute atomic E-state index is 12.4. The number of methoxy groups -OCH3 is 1. The standard InChI is InChI=1S/C21H30N4O4/c1-21(2,3)28-20(26)22-17-13-25(12-16(17)15-8-6-5-7-9-15)14-19-23-18(24-29-19)10-11-27-4/h5-9,16-17H,10-14H2,1-4H3,(H,22,26)/t16-,17+/m0/s1. The van der Waals surface area contributed by atoms with Gasteiger partial charge in [0.05, 0.1) is 19.2 Å². The summed E-state index contributed by atoms with van der Waals surface area (Å²) in [6.07, 6.45) is 0.222. The molecule has 0 aliphatic carbocycles. The van der Waals surface area contributed by atoms with Crippen molar-refractivity contribution >= 4 is 6.09 Å². The van der Waals surface area contributed by atoms with Crippen molar-refractivity contribution in [3.8, 4) is 0 Å². The van der Waals surface area contributed by atoms with Gasteiger partial charge in [0.15, 0.2) is 5.82 Å². The highest BCUT2D eigenvalue weighted by molar-refractivity contribution is 5.68. The average Bonchev–Trinajstić information content (AvgIpc) is 3.26. The number of nitrogens with one attached hydrogen (secondary N) is 1. The molecule has 1 fully saturated rings. The highest BCUT2D eigenvalue weighted by Gasteiger charge is 2.36. The highest BCUT2D eigenvalue weighted by atomic mass is 16.6. The SMILES string of the molecule is COCCc1noc(CN2C[C@@H](NC(=O)OC(C)(C)C)[C@H](c3ccccc3)C2)n1. The number of benzene rings is 1. The fraction of sp³-hybridized carbons (Fsp3) is 0.571. The third-order valence-electron chi connectivity index (χ3n) is 4.72. The molecule has 3 rings (SSSR count). The number of hydrogen-bond acceptors (Lipinski definition) is 7. The lowest BCUT2D eigenvalue weighted by molar-refractivity contribution is 0.0502. The van der Waals surface area contributed by atoms with E-state index in [1.54, 1.807) is 7.11 Å². The zero-order valence-electron chi connectivity index (χ0n) is 17.6. The predicted octanol–water partition coefficient (Wildman–Crippen LogP) is 2.75. The summed E-state index contributed by atoms with van der Waals surface area (Å²) in [5.41, 5.74) is 0.648. The first kappa shape index (κ1) is 21.3. The van der Waals surface area contributed by atoms with Crippen molar-refractivity contribution in [3.05, 3.63) is 47.6 Å². The highest BCUT2D eigenvalue weighted by Crippen LogP contribution is 2.29. The zero-order chi connectivity index (χ0) is 20.9. The van der Waals surface area contributed by atoms with E-state index in [0.29, 0.717) is 37.8 Å². The second-order valence-corrected chi connectivity index (χ2v) is 8.31. The quantitative estimate of drug-likeness (QED) is 0.762. The van der Waals surface area contributed by atoms with Crippen LogP contribution in [0, 0.1) is 0 Å². The number of alkyl carbamates (subject to hydrolysis) is 1. The minimum Gasteiger partial charge on any atom is -0.444 e. The Bertz CT molecular complexity index is 787. The van der Waals surface area contributed by atoms with Gasteiger partial charge in [-0.2, -0.15) is 4.98 Å². The van der Waals surface area contributed by atoms with Gasteiger partial charge in [0.25, 0.3) is 0 Å². The third kappa shape index (κ3) is 6.27. The van der Waals surface area contributed by atoms with Crippen LogP contribution in [-0.2, 0) is 22.4 Å². The molecule has 2 atom stereocenters. The molecule has 1 saturated heterocycles. The van der Waals surface area contributed by atoms with E-state index in [1.165, 1.54) is 5.56 Å². The van der Waals surface area contributed by atoms with Crippen LogP contribution in [0.5, 0.6) is 0 Å². The normalized spacial score (nSPS) is 20.0. The number of hydrogen-bond donors (Lipinski definition) is 1. The molecular weight excluding hydrogens is 372 g/mol. The van der Waals surface area contributed by atoms with E-state index < -0.39 is 11.7 Å². The molecule has 1 N–H and O–H groups in total. The summed E-state index contributed by atoms with van der Waals surface area (Å²) < 4.78 is 15.9. The Morgan fingerprint density at radius 3 is 2.72 bits per heavy atom. The van der Waals surface area contributed by atoms with Crippen LogP contribution in [0.1, 0.15) is 44.0 Å². The van der Waals surface area contributed by atoms with Gasteiger partial charge in [0.2, 0.25) is 5.89 Å². The van der Waals surface area contributed by atoms with Crippen LogP contribution in [0.3, 0.4) is 0 Å². The largest absolute Gasteiger partial charge is 0.444 e. The van der Waals surface area contributed by atoms with E-state index >= 15 is 0 Å². The van der Waals surface area contributed by atoms with E-state index in [9.17, 15) is 4.79 Å². The average molecular weight is 402 g/mol. The third-order valence-corrected chi connectivity index (χ3v) is 4.72. The fourth-order valence-electron chi connectivity index (χ4n) is 3.50. The lowest BCUT2D eigenvalue weighted by atomic mass is 9.94. The van der Waals surface area contributed by atoms with Gasteiger partial charge in [0, 0.05) is 32.5 Å². The van der Waals surface area contributed by atoms with Crippen LogP contribution in [-0.4, -0.2) is 59.6 Å². The smallest absolute Gasteiger partial charge is 0.407 e. The molecule has 1 amide bonds. The summed E-state index contributed by atoms with van der Waals surface area (Å²) in [6.45, 7) is 8.13. The molecular formula is C21H30N4O4. The van der Waals surface area contributed by atoms with Gasteiger partial charge in [-0.1, -0.05) is 35.5 Å². The number of likely N-dealkylation sites (tertiary alicyclic amines) is 1. The number of rotatable bonds is 7. The molecule has 8 heteroatoms. The monoisotopic (exact) mass is 402 g/mol. The van der Waals surface area contributed by atoms with Crippen LogP contribution in [0.4, 0.5) is 4.79 Å². The van der Waals surface area contributed by atoms with Gasteiger partial charge in [-0.3, -0.25) is 4.90 Å². The summed E-state index contributed by atoms with van der Waals surface area (Å²) in [5, 5.41) is 7.05. The second kappa shape index (κ2) is 9.37. The van der Waals surface area contributed by atoms with Gasteiger partial charge in [-0.15, -0.1) is 0 Å². The van der Waals surface area contributed by atoms with Crippen molar-refractivity contribution in [2.75, 3.05) is 26.8 Å². The molecule has 1 aromatic carbocycles. The van der Waals surface area contributed by atoms with Crippen molar-refractivity contribution in [1.29, 1.82) is 0 Å². The Balaban J connectivity index is 1.67. The Morgan fingerprint density at radius 1 is 1.28 bits per heavy atom. The molecule has 0 saturated carbocycles. The molecule has 2 heterocycles. The minimum atomic E-state index is -0.535. The van der Waals surface area contributed by atoms with Crippen molar-refractivity contribution in [3.63, 3.8) is 0 Å². The minimum absolute atomic E-state index is 0.0665. The number of amides is 1. The molecule has 0 radical (unpaired) electrons. The summed E-state index contributed by atoms with van der Waals surface area (Å²) in [6, 6.07) is 10.1. The van der Waals surface area contributed by atoms with E-state index in [-0.39, 0.29) is 12.0 Å². The summed E-state index contributed by atoms with van der Waals surface area (Å²) in [4.78, 5) is 19.0. The molecule has 0 unspecified atom stereocenters. The van der Waals surface area contributed by atoms with E-state index in [2.05, 4.69) is 32.5 Å². The summed E-state index contributed by atoms with van der Waals surface area (Å²) >= 11 is 0. The summed E-state index contributed by atoms with van der Waals surface area (Å²) in [5.74, 6) is 1.37. The van der Waals surface area contributed by atoms with E-state index in [0.717, 1.165) is 6.54 Å². The first-order valence-corrected chi connectivity index (χ1v) is 9.91. The van der Waals surface area contributed by atoms with Crippen molar-refractivity contribution in [2.45, 2.75) is 51.3 Å². The molecule has 0 spiro atoms. The van der Waals surface area contributed by atoms with Crippen LogP contribution in [0.15, 0.2) is 34.9 Å². The Kier molecular flexibility index (Phi) is 6.87. The van der Waals surface area contributed by atoms with Gasteiger partial charge >= 0.3 is 6.09 Å². The summed E-state index contributed by atoms with van der Waals surface area (Å²) in [7, 11) is 1.65. The van der Waals surface area contributed by atoms with Gasteiger partial charge < -0.3 is 19.3 Å². The van der Waals surface area contributed by atoms with Gasteiger partial charge in [-0.05, 0) is 26.3 Å². The molecule has 0 bridgehead atoms. The van der Waals surface area contributed by atoms with Crippen molar-refractivity contribution in [1.82, 2.24) is 20.4 Å². The van der Waals surface area contributed by atoms with E-state index in [1.807, 2.05) is 39.0 Å².